The summed E-state index contributed by atoms with van der Waals surface area (Å²) in [6.07, 6.45) is 0. The van der Waals surface area contributed by atoms with Crippen LogP contribution >= 0.6 is 0 Å². The van der Waals surface area contributed by atoms with Gasteiger partial charge in [0.15, 0.2) is 5.71 Å². The van der Waals surface area contributed by atoms with Gasteiger partial charge < -0.3 is 5.11 Å². The molecule has 0 saturated carbocycles. The monoisotopic (exact) mass is 220 g/mol. The van der Waals surface area contributed by atoms with Gasteiger partial charge in [-0.3, -0.25) is 5.43 Å². The predicted molar refractivity (Wildman–Crippen MR) is 64.6 cm³/mol. The Morgan fingerprint density at radius 2 is 1.81 bits per heavy atom. The molecule has 0 aromatic heterocycles. The molecule has 16 heavy (non-hydrogen) atoms. The molecule has 0 atom stereocenters. The number of hydrazone groups is 1. The summed E-state index contributed by atoms with van der Waals surface area (Å²) in [7, 11) is 0. The number of benzene rings is 1. The highest BCUT2D eigenvalue weighted by atomic mass is 16.4. The number of carboxylic acid groups (broad SMARTS) is 1. The number of carbonyl (C=O) groups is 1. The summed E-state index contributed by atoms with van der Waals surface area (Å²) >= 11 is 0. The van der Waals surface area contributed by atoms with Gasteiger partial charge in [0.05, 0.1) is 5.69 Å². The van der Waals surface area contributed by atoms with Crippen molar-refractivity contribution in [3.05, 3.63) is 30.3 Å². The third-order valence-electron chi connectivity index (χ3n) is 1.98. The third kappa shape index (κ3) is 3.38. The van der Waals surface area contributed by atoms with E-state index in [1.54, 1.807) is 0 Å². The van der Waals surface area contributed by atoms with E-state index in [1.165, 1.54) is 0 Å². The Morgan fingerprint density at radius 1 is 1.25 bits per heavy atom. The second-order valence-electron chi connectivity index (χ2n) is 4.49. The first-order valence-corrected chi connectivity index (χ1v) is 5.04. The van der Waals surface area contributed by atoms with E-state index >= 15 is 0 Å². The van der Waals surface area contributed by atoms with Crippen LogP contribution in [-0.4, -0.2) is 16.8 Å². The molecule has 4 nitrogen and oxygen atoms in total. The molecule has 1 rings (SSSR count). The lowest BCUT2D eigenvalue weighted by atomic mass is 9.90. The van der Waals surface area contributed by atoms with Crippen LogP contribution in [0.1, 0.15) is 20.8 Å². The standard InChI is InChI=1S/C12H16N2O2/c1-12(2,3)10(11(15)16)14-13-9-7-5-4-6-8-9/h4-8,13H,1-3H3,(H,15,16). The molecule has 2 N–H and O–H groups in total. The molecule has 4 heteroatoms. The van der Waals surface area contributed by atoms with Crippen LogP contribution in [0.5, 0.6) is 0 Å². The summed E-state index contributed by atoms with van der Waals surface area (Å²) in [5, 5.41) is 12.9. The Kier molecular flexibility index (Phi) is 3.66. The van der Waals surface area contributed by atoms with Gasteiger partial charge in [-0.2, -0.15) is 5.10 Å². The van der Waals surface area contributed by atoms with Crippen molar-refractivity contribution in [2.75, 3.05) is 5.43 Å². The van der Waals surface area contributed by atoms with Gasteiger partial charge in [-0.25, -0.2) is 4.79 Å². The normalized spacial score (nSPS) is 12.3. The second kappa shape index (κ2) is 4.79. The van der Waals surface area contributed by atoms with Gasteiger partial charge in [-0.1, -0.05) is 39.0 Å². The van der Waals surface area contributed by atoms with Crippen molar-refractivity contribution in [1.29, 1.82) is 0 Å². The van der Waals surface area contributed by atoms with E-state index < -0.39 is 11.4 Å². The van der Waals surface area contributed by atoms with Crippen LogP contribution in [0.15, 0.2) is 35.4 Å². The molecule has 0 aliphatic rings. The van der Waals surface area contributed by atoms with Crippen LogP contribution in [-0.2, 0) is 4.79 Å². The quantitative estimate of drug-likeness (QED) is 0.608. The summed E-state index contributed by atoms with van der Waals surface area (Å²) in [5.74, 6) is -1.00. The Labute approximate surface area is 95.0 Å². The molecular weight excluding hydrogens is 204 g/mol. The number of rotatable bonds is 3. The zero-order valence-corrected chi connectivity index (χ0v) is 9.69. The summed E-state index contributed by atoms with van der Waals surface area (Å²) in [4.78, 5) is 11.0. The van der Waals surface area contributed by atoms with Gasteiger partial charge >= 0.3 is 5.97 Å². The molecule has 0 fully saturated rings. The molecule has 0 aliphatic heterocycles. The first-order valence-electron chi connectivity index (χ1n) is 5.04. The summed E-state index contributed by atoms with van der Waals surface area (Å²) in [6, 6.07) is 9.25. The van der Waals surface area contributed by atoms with E-state index in [2.05, 4.69) is 10.5 Å². The fourth-order valence-electron chi connectivity index (χ4n) is 1.17. The Balaban J connectivity index is 2.86. The minimum absolute atomic E-state index is 0.108. The average molecular weight is 220 g/mol. The number of nitrogens with one attached hydrogen (secondary N) is 1. The molecule has 0 unspecified atom stereocenters. The highest BCUT2D eigenvalue weighted by Crippen LogP contribution is 2.17. The van der Waals surface area contributed by atoms with Crippen molar-refractivity contribution in [1.82, 2.24) is 0 Å². The summed E-state index contributed by atoms with van der Waals surface area (Å²) in [6.45, 7) is 5.44. The molecule has 0 saturated heterocycles. The molecule has 0 aliphatic carbocycles. The highest BCUT2D eigenvalue weighted by molar-refractivity contribution is 6.37. The number of para-hydroxylation sites is 1. The molecular formula is C12H16N2O2. The fraction of sp³-hybridized carbons (Fsp3) is 0.333. The average Bonchev–Trinajstić information content (AvgIpc) is 2.17. The van der Waals surface area contributed by atoms with Gasteiger partial charge in [-0.15, -0.1) is 0 Å². The molecule has 0 radical (unpaired) electrons. The Bertz CT molecular complexity index is 391. The molecule has 1 aromatic rings. The number of carboxylic acids is 1. The number of aliphatic carboxylic acids is 1. The van der Waals surface area contributed by atoms with Crippen molar-refractivity contribution in [3.8, 4) is 0 Å². The predicted octanol–water partition coefficient (Wildman–Crippen LogP) is 2.59. The van der Waals surface area contributed by atoms with Crippen molar-refractivity contribution in [2.45, 2.75) is 20.8 Å². The van der Waals surface area contributed by atoms with E-state index in [9.17, 15) is 4.79 Å². The van der Waals surface area contributed by atoms with Gasteiger partial charge in [-0.05, 0) is 12.1 Å². The van der Waals surface area contributed by atoms with Crippen LogP contribution in [0.4, 0.5) is 5.69 Å². The number of hydrogen-bond donors (Lipinski definition) is 2. The van der Waals surface area contributed by atoms with Crippen molar-refractivity contribution in [2.24, 2.45) is 10.5 Å². The maximum Gasteiger partial charge on any atom is 0.352 e. The smallest absolute Gasteiger partial charge is 0.352 e. The molecule has 0 amide bonds. The number of anilines is 1. The Hall–Kier alpha value is -1.84. The van der Waals surface area contributed by atoms with Crippen molar-refractivity contribution < 1.29 is 9.90 Å². The molecule has 0 bridgehead atoms. The van der Waals surface area contributed by atoms with Crippen LogP contribution in [0.2, 0.25) is 0 Å². The van der Waals surface area contributed by atoms with Crippen LogP contribution in [0.3, 0.4) is 0 Å². The van der Waals surface area contributed by atoms with Gasteiger partial charge in [0.2, 0.25) is 0 Å². The first-order chi connectivity index (χ1) is 7.41. The van der Waals surface area contributed by atoms with Gasteiger partial charge in [0.25, 0.3) is 0 Å². The minimum Gasteiger partial charge on any atom is -0.477 e. The van der Waals surface area contributed by atoms with E-state index in [0.29, 0.717) is 0 Å². The molecule has 0 spiro atoms. The van der Waals surface area contributed by atoms with Gasteiger partial charge in [0, 0.05) is 5.41 Å². The SMILES string of the molecule is CC(C)(C)C(=NNc1ccccc1)C(=O)O. The number of hydrogen-bond acceptors (Lipinski definition) is 3. The second-order valence-corrected chi connectivity index (χ2v) is 4.49. The number of nitrogens with zero attached hydrogens (tertiary/aromatic N) is 1. The molecule has 0 heterocycles. The first kappa shape index (κ1) is 12.2. The minimum atomic E-state index is -1.00. The fourth-order valence-corrected chi connectivity index (χ4v) is 1.17. The van der Waals surface area contributed by atoms with Crippen LogP contribution in [0, 0.1) is 5.41 Å². The largest absolute Gasteiger partial charge is 0.477 e. The zero-order valence-electron chi connectivity index (χ0n) is 9.69. The van der Waals surface area contributed by atoms with Crippen molar-refractivity contribution >= 4 is 17.4 Å². The molecule has 86 valence electrons. The maximum atomic E-state index is 11.0. The third-order valence-corrected chi connectivity index (χ3v) is 1.98. The van der Waals surface area contributed by atoms with E-state index in [-0.39, 0.29) is 5.71 Å². The van der Waals surface area contributed by atoms with Crippen molar-refractivity contribution in [3.63, 3.8) is 0 Å². The van der Waals surface area contributed by atoms with E-state index in [1.807, 2.05) is 51.1 Å². The molecule has 1 aromatic carbocycles. The van der Waals surface area contributed by atoms with Crippen LogP contribution < -0.4 is 5.43 Å². The highest BCUT2D eigenvalue weighted by Gasteiger charge is 2.25. The Morgan fingerprint density at radius 3 is 2.25 bits per heavy atom. The lowest BCUT2D eigenvalue weighted by Gasteiger charge is -2.17. The van der Waals surface area contributed by atoms with E-state index in [4.69, 9.17) is 5.11 Å². The summed E-state index contributed by atoms with van der Waals surface area (Å²) < 4.78 is 0. The van der Waals surface area contributed by atoms with E-state index in [0.717, 1.165) is 5.69 Å². The summed E-state index contributed by atoms with van der Waals surface area (Å²) in [5.41, 5.74) is 3.12. The maximum absolute atomic E-state index is 11.0. The van der Waals surface area contributed by atoms with Gasteiger partial charge in [0.1, 0.15) is 0 Å². The zero-order chi connectivity index (χ0) is 12.2. The lowest BCUT2D eigenvalue weighted by Crippen LogP contribution is -2.29. The lowest BCUT2D eigenvalue weighted by molar-refractivity contribution is -0.129. The topological polar surface area (TPSA) is 61.7 Å². The van der Waals surface area contributed by atoms with Crippen LogP contribution in [0.25, 0.3) is 0 Å².